The monoisotopic (exact) mass is 349 g/mol. The van der Waals surface area contributed by atoms with Gasteiger partial charge in [-0.15, -0.1) is 0 Å². The molecule has 110 valence electrons. The van der Waals surface area contributed by atoms with Crippen molar-refractivity contribution in [2.75, 3.05) is 5.32 Å². The minimum atomic E-state index is -0.253. The van der Waals surface area contributed by atoms with Crippen LogP contribution in [-0.2, 0) is 13.0 Å². The predicted molar refractivity (Wildman–Crippen MR) is 86.3 cm³/mol. The van der Waals surface area contributed by atoms with Crippen molar-refractivity contribution in [2.24, 2.45) is 0 Å². The Hall–Kier alpha value is -1.55. The maximum Gasteiger partial charge on any atom is 0.128 e. The highest BCUT2D eigenvalue weighted by Gasteiger charge is 2.31. The van der Waals surface area contributed by atoms with E-state index in [0.29, 0.717) is 6.54 Å². The Morgan fingerprint density at radius 1 is 1.29 bits per heavy atom. The number of hydrogen-bond donors (Lipinski definition) is 1. The van der Waals surface area contributed by atoms with Gasteiger partial charge in [0.05, 0.1) is 5.69 Å². The van der Waals surface area contributed by atoms with Gasteiger partial charge in [-0.1, -0.05) is 18.2 Å². The molecule has 1 N–H and O–H groups in total. The molecule has 2 aromatic rings. The summed E-state index contributed by atoms with van der Waals surface area (Å²) >= 11 is 3.42. The second-order valence-electron chi connectivity index (χ2n) is 5.92. The normalized spacial score (nSPS) is 15.4. The third-order valence-corrected chi connectivity index (χ3v) is 4.26. The topological polar surface area (TPSA) is 21.3 Å². The number of para-hydroxylation sites is 1. The summed E-state index contributed by atoms with van der Waals surface area (Å²) in [6, 6.07) is 10.8. The lowest BCUT2D eigenvalue weighted by atomic mass is 10.0. The summed E-state index contributed by atoms with van der Waals surface area (Å²) in [5.41, 5.74) is 2.91. The fraction of sp³-hybridized carbons (Fsp3) is 0.294. The lowest BCUT2D eigenvalue weighted by Gasteiger charge is -2.18. The van der Waals surface area contributed by atoms with Crippen molar-refractivity contribution in [1.82, 2.24) is 0 Å². The fourth-order valence-corrected chi connectivity index (χ4v) is 3.03. The number of hydrogen-bond acceptors (Lipinski definition) is 2. The molecule has 0 aromatic heterocycles. The molecule has 0 aliphatic carbocycles. The number of anilines is 1. The maximum atomic E-state index is 13.3. The summed E-state index contributed by atoms with van der Waals surface area (Å²) in [6.07, 6.45) is 0.917. The lowest BCUT2D eigenvalue weighted by molar-refractivity contribution is 0.137. The van der Waals surface area contributed by atoms with Crippen molar-refractivity contribution in [3.05, 3.63) is 57.8 Å². The Kier molecular flexibility index (Phi) is 3.66. The van der Waals surface area contributed by atoms with Crippen LogP contribution in [0.5, 0.6) is 5.75 Å². The molecule has 1 heterocycles. The molecule has 0 atom stereocenters. The minimum absolute atomic E-state index is 0.155. The third-order valence-electron chi connectivity index (χ3n) is 3.57. The molecular formula is C17H17BrFNO. The average Bonchev–Trinajstić information content (AvgIpc) is 2.74. The summed E-state index contributed by atoms with van der Waals surface area (Å²) in [7, 11) is 0. The molecule has 21 heavy (non-hydrogen) atoms. The highest BCUT2D eigenvalue weighted by molar-refractivity contribution is 9.10. The molecule has 3 rings (SSSR count). The maximum absolute atomic E-state index is 13.3. The minimum Gasteiger partial charge on any atom is -0.487 e. The standard InChI is InChI=1S/C17H17BrFNO/c1-17(2)9-11-4-3-5-12(16(11)21-17)10-20-15-8-13(19)6-7-14(15)18/h3-8,20H,9-10H2,1-2H3. The van der Waals surface area contributed by atoms with Gasteiger partial charge in [0.2, 0.25) is 0 Å². The number of benzene rings is 2. The molecule has 0 spiro atoms. The van der Waals surface area contributed by atoms with Crippen LogP contribution in [0.3, 0.4) is 0 Å². The molecule has 1 aliphatic heterocycles. The van der Waals surface area contributed by atoms with Crippen molar-refractivity contribution in [1.29, 1.82) is 0 Å². The largest absolute Gasteiger partial charge is 0.487 e. The molecule has 0 unspecified atom stereocenters. The smallest absolute Gasteiger partial charge is 0.128 e. The van der Waals surface area contributed by atoms with Crippen molar-refractivity contribution in [3.8, 4) is 5.75 Å². The molecular weight excluding hydrogens is 333 g/mol. The summed E-state index contributed by atoms with van der Waals surface area (Å²) in [4.78, 5) is 0. The summed E-state index contributed by atoms with van der Waals surface area (Å²) in [6.45, 7) is 4.78. The average molecular weight is 350 g/mol. The molecule has 0 fully saturated rings. The second kappa shape index (κ2) is 5.34. The Labute approximate surface area is 132 Å². The van der Waals surface area contributed by atoms with Gasteiger partial charge in [-0.3, -0.25) is 0 Å². The molecule has 0 saturated carbocycles. The Balaban J connectivity index is 1.81. The summed E-state index contributed by atoms with van der Waals surface area (Å²) in [5, 5.41) is 3.26. The zero-order chi connectivity index (χ0) is 15.0. The highest BCUT2D eigenvalue weighted by atomic mass is 79.9. The Bertz CT molecular complexity index is 684. The second-order valence-corrected chi connectivity index (χ2v) is 6.78. The number of ether oxygens (including phenoxy) is 1. The molecule has 1 aliphatic rings. The predicted octanol–water partition coefficient (Wildman–Crippen LogP) is 4.91. The van der Waals surface area contributed by atoms with Crippen LogP contribution < -0.4 is 10.1 Å². The molecule has 0 radical (unpaired) electrons. The van der Waals surface area contributed by atoms with Gasteiger partial charge in [-0.2, -0.15) is 0 Å². The first-order valence-corrected chi connectivity index (χ1v) is 7.73. The number of halogens is 2. The lowest BCUT2D eigenvalue weighted by Crippen LogP contribution is -2.25. The van der Waals surface area contributed by atoms with E-state index in [1.165, 1.54) is 17.7 Å². The van der Waals surface area contributed by atoms with Gasteiger partial charge in [-0.05, 0) is 53.5 Å². The van der Waals surface area contributed by atoms with E-state index in [2.05, 4.69) is 41.2 Å². The zero-order valence-electron chi connectivity index (χ0n) is 12.0. The fourth-order valence-electron chi connectivity index (χ4n) is 2.64. The molecule has 4 heteroatoms. The summed E-state index contributed by atoms with van der Waals surface area (Å²) < 4.78 is 20.2. The molecule has 0 amide bonds. The number of fused-ring (bicyclic) bond motifs is 1. The van der Waals surface area contributed by atoms with E-state index in [1.54, 1.807) is 6.07 Å². The van der Waals surface area contributed by atoms with Crippen LogP contribution in [0.25, 0.3) is 0 Å². The summed E-state index contributed by atoms with van der Waals surface area (Å²) in [5.74, 6) is 0.707. The number of nitrogens with one attached hydrogen (secondary N) is 1. The van der Waals surface area contributed by atoms with E-state index in [0.717, 1.165) is 27.9 Å². The van der Waals surface area contributed by atoms with Gasteiger partial charge in [0.1, 0.15) is 17.2 Å². The van der Waals surface area contributed by atoms with Crippen molar-refractivity contribution < 1.29 is 9.13 Å². The molecule has 0 saturated heterocycles. The first-order chi connectivity index (χ1) is 9.94. The third kappa shape index (κ3) is 3.05. The van der Waals surface area contributed by atoms with E-state index in [1.807, 2.05) is 12.1 Å². The van der Waals surface area contributed by atoms with Crippen molar-refractivity contribution >= 4 is 21.6 Å². The number of rotatable bonds is 3. The van der Waals surface area contributed by atoms with Gasteiger partial charge in [0, 0.05) is 23.0 Å². The Morgan fingerprint density at radius 2 is 2.10 bits per heavy atom. The molecule has 0 bridgehead atoms. The zero-order valence-corrected chi connectivity index (χ0v) is 13.6. The SMILES string of the molecule is CC1(C)Cc2cccc(CNc3cc(F)ccc3Br)c2O1. The van der Waals surface area contributed by atoms with Gasteiger partial charge < -0.3 is 10.1 Å². The van der Waals surface area contributed by atoms with Crippen LogP contribution in [-0.4, -0.2) is 5.60 Å². The first-order valence-electron chi connectivity index (χ1n) is 6.93. The van der Waals surface area contributed by atoms with Crippen molar-refractivity contribution in [3.63, 3.8) is 0 Å². The van der Waals surface area contributed by atoms with Gasteiger partial charge in [-0.25, -0.2) is 4.39 Å². The van der Waals surface area contributed by atoms with E-state index >= 15 is 0 Å². The van der Waals surface area contributed by atoms with E-state index in [-0.39, 0.29) is 11.4 Å². The Morgan fingerprint density at radius 3 is 2.90 bits per heavy atom. The molecule has 2 aromatic carbocycles. The van der Waals surface area contributed by atoms with E-state index < -0.39 is 0 Å². The van der Waals surface area contributed by atoms with E-state index in [4.69, 9.17) is 4.74 Å². The van der Waals surface area contributed by atoms with Crippen molar-refractivity contribution in [2.45, 2.75) is 32.4 Å². The molecule has 2 nitrogen and oxygen atoms in total. The van der Waals surface area contributed by atoms with Crippen LogP contribution in [0.1, 0.15) is 25.0 Å². The quantitative estimate of drug-likeness (QED) is 0.849. The first kappa shape index (κ1) is 14.4. The van der Waals surface area contributed by atoms with Crippen LogP contribution in [0.15, 0.2) is 40.9 Å². The van der Waals surface area contributed by atoms with Crippen LogP contribution in [0.2, 0.25) is 0 Å². The van der Waals surface area contributed by atoms with Crippen LogP contribution in [0.4, 0.5) is 10.1 Å². The van der Waals surface area contributed by atoms with Crippen LogP contribution in [0, 0.1) is 5.82 Å². The van der Waals surface area contributed by atoms with Gasteiger partial charge in [0.15, 0.2) is 0 Å². The highest BCUT2D eigenvalue weighted by Crippen LogP contribution is 2.38. The van der Waals surface area contributed by atoms with Gasteiger partial charge >= 0.3 is 0 Å². The van der Waals surface area contributed by atoms with E-state index in [9.17, 15) is 4.39 Å². The van der Waals surface area contributed by atoms with Crippen LogP contribution >= 0.6 is 15.9 Å². The van der Waals surface area contributed by atoms with Gasteiger partial charge in [0.25, 0.3) is 0 Å².